The third kappa shape index (κ3) is 5.45. The lowest BCUT2D eigenvalue weighted by atomic mass is 9.56. The molecule has 0 saturated carbocycles. The Labute approximate surface area is 166 Å². The highest BCUT2D eigenvalue weighted by Crippen LogP contribution is 2.52. The molecule has 3 N–H and O–H groups in total. The van der Waals surface area contributed by atoms with Gasteiger partial charge in [0.1, 0.15) is 5.92 Å². The summed E-state index contributed by atoms with van der Waals surface area (Å²) in [4.78, 5) is 47.9. The molecule has 0 heterocycles. The van der Waals surface area contributed by atoms with E-state index in [1.807, 2.05) is 13.8 Å². The second-order valence-corrected chi connectivity index (χ2v) is 7.32. The van der Waals surface area contributed by atoms with E-state index in [1.165, 1.54) is 0 Å². The fraction of sp³-hybridized carbons (Fsp3) is 0.800. The zero-order chi connectivity index (χ0) is 22.1. The molecule has 0 spiro atoms. The summed E-state index contributed by atoms with van der Waals surface area (Å²) in [6, 6.07) is 0. The number of carboxylic acids is 3. The number of hydrogen-bond donors (Lipinski definition) is 3. The maximum absolute atomic E-state index is 12.4. The second kappa shape index (κ2) is 11.0. The Kier molecular flexibility index (Phi) is 10.2. The Morgan fingerprint density at radius 3 is 1.79 bits per heavy atom. The Bertz CT molecular complexity index is 549. The average Bonchev–Trinajstić information content (AvgIpc) is 2.59. The predicted molar refractivity (Wildman–Crippen MR) is 102 cm³/mol. The van der Waals surface area contributed by atoms with Crippen molar-refractivity contribution < 1.29 is 39.2 Å². The van der Waals surface area contributed by atoms with Gasteiger partial charge in [0.2, 0.25) is 5.60 Å². The lowest BCUT2D eigenvalue weighted by molar-refractivity contribution is -0.206. The fourth-order valence-corrected chi connectivity index (χ4v) is 4.65. The van der Waals surface area contributed by atoms with E-state index in [4.69, 9.17) is 4.74 Å². The van der Waals surface area contributed by atoms with Crippen LogP contribution in [0, 0.1) is 17.3 Å². The molecular formula is C20H34O8. The third-order valence-corrected chi connectivity index (χ3v) is 5.92. The number of esters is 1. The van der Waals surface area contributed by atoms with Crippen molar-refractivity contribution >= 4 is 23.9 Å². The average molecular weight is 402 g/mol. The largest absolute Gasteiger partial charge is 0.481 e. The van der Waals surface area contributed by atoms with Crippen LogP contribution in [0.2, 0.25) is 0 Å². The van der Waals surface area contributed by atoms with Gasteiger partial charge < -0.3 is 20.1 Å². The van der Waals surface area contributed by atoms with Crippen LogP contribution in [0.1, 0.15) is 79.6 Å². The van der Waals surface area contributed by atoms with Gasteiger partial charge in [-0.2, -0.15) is 0 Å². The van der Waals surface area contributed by atoms with E-state index in [0.717, 1.165) is 19.8 Å². The quantitative estimate of drug-likeness (QED) is 0.375. The first-order valence-electron chi connectivity index (χ1n) is 9.86. The van der Waals surface area contributed by atoms with Crippen LogP contribution in [0.15, 0.2) is 0 Å². The second-order valence-electron chi connectivity index (χ2n) is 7.32. The maximum atomic E-state index is 12.4. The molecule has 0 bridgehead atoms. The van der Waals surface area contributed by atoms with E-state index in [2.05, 4.69) is 0 Å². The minimum atomic E-state index is -2.69. The molecule has 0 rings (SSSR count). The molecule has 0 amide bonds. The Balaban J connectivity index is 6.86. The van der Waals surface area contributed by atoms with Crippen molar-refractivity contribution in [2.45, 2.75) is 85.2 Å². The van der Waals surface area contributed by atoms with Gasteiger partial charge in [0, 0.05) is 6.92 Å². The van der Waals surface area contributed by atoms with Gasteiger partial charge in [0.25, 0.3) is 0 Å². The van der Waals surface area contributed by atoms with Crippen LogP contribution in [0.4, 0.5) is 0 Å². The molecule has 0 aliphatic carbocycles. The van der Waals surface area contributed by atoms with Crippen molar-refractivity contribution in [2.24, 2.45) is 17.3 Å². The summed E-state index contributed by atoms with van der Waals surface area (Å²) in [7, 11) is 0. The van der Waals surface area contributed by atoms with Gasteiger partial charge >= 0.3 is 23.9 Å². The summed E-state index contributed by atoms with van der Waals surface area (Å²) in [6.07, 6.45) is 2.53. The van der Waals surface area contributed by atoms with Gasteiger partial charge in [-0.05, 0) is 30.6 Å². The molecule has 0 aromatic heterocycles. The van der Waals surface area contributed by atoms with Gasteiger partial charge in [0.05, 0.1) is 6.42 Å². The zero-order valence-corrected chi connectivity index (χ0v) is 17.5. The third-order valence-electron chi connectivity index (χ3n) is 5.92. The first kappa shape index (κ1) is 25.9. The van der Waals surface area contributed by atoms with E-state index in [9.17, 15) is 34.5 Å². The molecule has 0 saturated heterocycles. The summed E-state index contributed by atoms with van der Waals surface area (Å²) in [6.45, 7) is 8.41. The van der Waals surface area contributed by atoms with Crippen molar-refractivity contribution in [1.29, 1.82) is 0 Å². The van der Waals surface area contributed by atoms with Crippen LogP contribution in [0.25, 0.3) is 0 Å². The van der Waals surface area contributed by atoms with Gasteiger partial charge in [-0.1, -0.05) is 47.0 Å². The van der Waals surface area contributed by atoms with Crippen LogP contribution >= 0.6 is 0 Å². The van der Waals surface area contributed by atoms with Crippen LogP contribution in [0.5, 0.6) is 0 Å². The Hall–Kier alpha value is -2.12. The lowest BCUT2D eigenvalue weighted by Gasteiger charge is -2.49. The molecule has 0 aliphatic rings. The van der Waals surface area contributed by atoms with Crippen LogP contribution in [-0.4, -0.2) is 44.8 Å². The molecule has 0 aromatic carbocycles. The van der Waals surface area contributed by atoms with E-state index in [1.54, 1.807) is 13.8 Å². The highest BCUT2D eigenvalue weighted by Gasteiger charge is 2.63. The summed E-state index contributed by atoms with van der Waals surface area (Å²) >= 11 is 0. The van der Waals surface area contributed by atoms with Crippen molar-refractivity contribution in [3.63, 3.8) is 0 Å². The van der Waals surface area contributed by atoms with Crippen molar-refractivity contribution in [1.82, 2.24) is 0 Å². The molecule has 0 aliphatic heterocycles. The van der Waals surface area contributed by atoms with E-state index in [0.29, 0.717) is 25.7 Å². The summed E-state index contributed by atoms with van der Waals surface area (Å²) < 4.78 is 5.04. The predicted octanol–water partition coefficient (Wildman–Crippen LogP) is 3.57. The summed E-state index contributed by atoms with van der Waals surface area (Å²) in [5.41, 5.74) is -3.73. The highest BCUT2D eigenvalue weighted by atomic mass is 16.6. The zero-order valence-electron chi connectivity index (χ0n) is 17.5. The topological polar surface area (TPSA) is 138 Å². The lowest BCUT2D eigenvalue weighted by Crippen LogP contribution is -2.61. The smallest absolute Gasteiger partial charge is 0.349 e. The van der Waals surface area contributed by atoms with Crippen molar-refractivity contribution in [3.05, 3.63) is 0 Å². The van der Waals surface area contributed by atoms with E-state index >= 15 is 0 Å². The molecule has 162 valence electrons. The normalized spacial score (nSPS) is 15.9. The summed E-state index contributed by atoms with van der Waals surface area (Å²) in [5.74, 6) is -7.66. The number of rotatable bonds is 14. The number of ether oxygens (including phenoxy) is 1. The fourth-order valence-electron chi connectivity index (χ4n) is 4.65. The summed E-state index contributed by atoms with van der Waals surface area (Å²) in [5, 5.41) is 29.4. The standard InChI is InChI=1S/C20H34O8/c1-6-10-11-14(7-2)19(8-3,9-4)16(17(24)25)20(18(26)27,12-15(22)23)28-13(5)21/h14,16H,6-12H2,1-5H3,(H,22,23)(H,24,25)(H,26,27). The number of carbonyl (C=O) groups is 4. The van der Waals surface area contributed by atoms with Crippen LogP contribution in [-0.2, 0) is 23.9 Å². The highest BCUT2D eigenvalue weighted by molar-refractivity contribution is 5.92. The van der Waals surface area contributed by atoms with Gasteiger partial charge in [-0.3, -0.25) is 14.4 Å². The van der Waals surface area contributed by atoms with Crippen molar-refractivity contribution in [3.8, 4) is 0 Å². The molecule has 0 radical (unpaired) electrons. The number of carbonyl (C=O) groups excluding carboxylic acids is 1. The molecule has 0 aromatic rings. The first-order valence-corrected chi connectivity index (χ1v) is 9.86. The number of aliphatic carboxylic acids is 3. The molecule has 8 nitrogen and oxygen atoms in total. The number of unbranched alkanes of at least 4 members (excludes halogenated alkanes) is 1. The number of hydrogen-bond acceptors (Lipinski definition) is 5. The van der Waals surface area contributed by atoms with Gasteiger partial charge in [0.15, 0.2) is 0 Å². The molecule has 8 heteroatoms. The SMILES string of the molecule is CCCCC(CC)C(CC)(CC)C(C(=O)O)C(CC(=O)O)(OC(C)=O)C(=O)O. The molecule has 3 unspecified atom stereocenters. The monoisotopic (exact) mass is 402 g/mol. The first-order chi connectivity index (χ1) is 13.0. The van der Waals surface area contributed by atoms with E-state index < -0.39 is 47.2 Å². The van der Waals surface area contributed by atoms with Gasteiger partial charge in [-0.25, -0.2) is 4.79 Å². The molecular weight excluding hydrogens is 368 g/mol. The molecule has 3 atom stereocenters. The minimum absolute atomic E-state index is 0.161. The van der Waals surface area contributed by atoms with Crippen LogP contribution in [0.3, 0.4) is 0 Å². The van der Waals surface area contributed by atoms with E-state index in [-0.39, 0.29) is 5.92 Å². The molecule has 28 heavy (non-hydrogen) atoms. The maximum Gasteiger partial charge on any atom is 0.349 e. The minimum Gasteiger partial charge on any atom is -0.481 e. The number of carboxylic acid groups (broad SMARTS) is 3. The van der Waals surface area contributed by atoms with Crippen molar-refractivity contribution in [2.75, 3.05) is 0 Å². The van der Waals surface area contributed by atoms with Gasteiger partial charge in [-0.15, -0.1) is 0 Å². The van der Waals surface area contributed by atoms with Crippen LogP contribution < -0.4 is 0 Å². The Morgan fingerprint density at radius 1 is 0.964 bits per heavy atom. The Morgan fingerprint density at radius 2 is 1.50 bits per heavy atom. The molecule has 0 fully saturated rings.